The van der Waals surface area contributed by atoms with Gasteiger partial charge in [-0.15, -0.1) is 0 Å². The van der Waals surface area contributed by atoms with Crippen molar-refractivity contribution in [2.75, 3.05) is 0 Å². The third-order valence-corrected chi connectivity index (χ3v) is 3.81. The average molecular weight is 353 g/mol. The van der Waals surface area contributed by atoms with Crippen LogP contribution in [0.5, 0.6) is 11.5 Å². The maximum absolute atomic E-state index is 12.2. The number of esters is 1. The van der Waals surface area contributed by atoms with Gasteiger partial charge in [0.2, 0.25) is 5.89 Å². The molecule has 134 valence electrons. The number of rotatable bonds is 5. The molecule has 6 heteroatoms. The second kappa shape index (κ2) is 7.39. The number of benzene rings is 2. The van der Waals surface area contributed by atoms with Gasteiger partial charge in [0.15, 0.2) is 6.61 Å². The number of hydrogen-bond acceptors (Lipinski definition) is 6. The molecule has 0 saturated carbocycles. The Morgan fingerprint density at radius 2 is 1.81 bits per heavy atom. The van der Waals surface area contributed by atoms with Gasteiger partial charge in [0.1, 0.15) is 11.5 Å². The van der Waals surface area contributed by atoms with Crippen molar-refractivity contribution in [3.05, 3.63) is 64.3 Å². The van der Waals surface area contributed by atoms with Crippen LogP contribution < -0.4 is 15.1 Å². The number of fused-ring (bicyclic) bond motifs is 1. The lowest BCUT2D eigenvalue weighted by atomic mass is 10.0. The molecule has 0 fully saturated rings. The van der Waals surface area contributed by atoms with E-state index in [2.05, 4.69) is 18.8 Å². The van der Waals surface area contributed by atoms with E-state index in [0.717, 1.165) is 0 Å². The van der Waals surface area contributed by atoms with E-state index < -0.39 is 11.6 Å². The zero-order valence-electron chi connectivity index (χ0n) is 14.8. The molecule has 2 aromatic carbocycles. The molecule has 0 amide bonds. The van der Waals surface area contributed by atoms with Crippen molar-refractivity contribution in [2.24, 2.45) is 0 Å². The molecule has 0 N–H and O–H groups in total. The predicted molar refractivity (Wildman–Crippen MR) is 96.5 cm³/mol. The van der Waals surface area contributed by atoms with Crippen molar-refractivity contribution in [3.63, 3.8) is 0 Å². The molecule has 1 aromatic heterocycles. The van der Waals surface area contributed by atoms with Crippen LogP contribution in [0.4, 0.5) is 0 Å². The van der Waals surface area contributed by atoms with E-state index in [1.54, 1.807) is 12.1 Å². The van der Waals surface area contributed by atoms with Gasteiger partial charge < -0.3 is 13.9 Å². The standard InChI is InChI=1S/C20H19NO5/c1-12(2)14-4-6-15(7-5-14)24-11-19-21-18-9-8-16(25-13(3)22)10-17(18)20(23)26-19/h4-10,12H,11H2,1-3H3. The van der Waals surface area contributed by atoms with E-state index in [9.17, 15) is 9.59 Å². The fraction of sp³-hybridized carbons (Fsp3) is 0.250. The molecule has 0 spiro atoms. The number of carbonyl (C=O) groups is 1. The lowest BCUT2D eigenvalue weighted by Gasteiger charge is -2.08. The molecule has 0 aliphatic heterocycles. The zero-order chi connectivity index (χ0) is 18.7. The van der Waals surface area contributed by atoms with E-state index >= 15 is 0 Å². The molecule has 3 aromatic rings. The van der Waals surface area contributed by atoms with Crippen molar-refractivity contribution in [3.8, 4) is 11.5 Å². The summed E-state index contributed by atoms with van der Waals surface area (Å²) in [6.45, 7) is 5.57. The number of nitrogens with zero attached hydrogens (tertiary/aromatic N) is 1. The summed E-state index contributed by atoms with van der Waals surface area (Å²) in [5.74, 6) is 1.10. The Morgan fingerprint density at radius 3 is 2.46 bits per heavy atom. The number of aromatic nitrogens is 1. The van der Waals surface area contributed by atoms with E-state index in [4.69, 9.17) is 13.9 Å². The first-order valence-corrected chi connectivity index (χ1v) is 8.27. The molecule has 3 rings (SSSR count). The molecule has 1 heterocycles. The Kier molecular flexibility index (Phi) is 5.02. The van der Waals surface area contributed by atoms with Crippen molar-refractivity contribution in [1.29, 1.82) is 0 Å². The monoisotopic (exact) mass is 353 g/mol. The Balaban J connectivity index is 1.78. The molecule has 26 heavy (non-hydrogen) atoms. The van der Waals surface area contributed by atoms with E-state index in [1.165, 1.54) is 18.6 Å². The Bertz CT molecular complexity index is 989. The molecular formula is C20H19NO5. The molecule has 0 atom stereocenters. The van der Waals surface area contributed by atoms with Gasteiger partial charge >= 0.3 is 11.6 Å². The molecule has 0 aliphatic rings. The lowest BCUT2D eigenvalue weighted by molar-refractivity contribution is -0.131. The summed E-state index contributed by atoms with van der Waals surface area (Å²) in [5.41, 5.74) is 1.11. The van der Waals surface area contributed by atoms with Crippen LogP contribution in [0, 0.1) is 0 Å². The van der Waals surface area contributed by atoms with Crippen molar-refractivity contribution < 1.29 is 18.7 Å². The summed E-state index contributed by atoms with van der Waals surface area (Å²) in [4.78, 5) is 27.5. The maximum Gasteiger partial charge on any atom is 0.347 e. The second-order valence-electron chi connectivity index (χ2n) is 6.18. The predicted octanol–water partition coefficient (Wildman–Crippen LogP) is 3.82. The Labute approximate surface area is 150 Å². The van der Waals surface area contributed by atoms with Gasteiger partial charge in [-0.25, -0.2) is 9.78 Å². The molecule has 0 bridgehead atoms. The summed E-state index contributed by atoms with van der Waals surface area (Å²) >= 11 is 0. The first-order chi connectivity index (χ1) is 12.4. The van der Waals surface area contributed by atoms with E-state index in [1.807, 2.05) is 24.3 Å². The lowest BCUT2D eigenvalue weighted by Crippen LogP contribution is -2.08. The van der Waals surface area contributed by atoms with Crippen LogP contribution in [-0.2, 0) is 11.4 Å². The zero-order valence-corrected chi connectivity index (χ0v) is 14.8. The first-order valence-electron chi connectivity index (χ1n) is 8.27. The minimum atomic E-state index is -0.558. The maximum atomic E-state index is 12.2. The SMILES string of the molecule is CC(=O)Oc1ccc2nc(COc3ccc(C(C)C)cc3)oc(=O)c2c1. The first kappa shape index (κ1) is 17.7. The fourth-order valence-electron chi connectivity index (χ4n) is 2.48. The molecule has 6 nitrogen and oxygen atoms in total. The Morgan fingerprint density at radius 1 is 1.12 bits per heavy atom. The quantitative estimate of drug-likeness (QED) is 0.512. The molecular weight excluding hydrogens is 334 g/mol. The summed E-state index contributed by atoms with van der Waals surface area (Å²) in [6.07, 6.45) is 0. The highest BCUT2D eigenvalue weighted by atomic mass is 16.5. The fourth-order valence-corrected chi connectivity index (χ4v) is 2.48. The van der Waals surface area contributed by atoms with Crippen molar-refractivity contribution >= 4 is 16.9 Å². The normalized spacial score (nSPS) is 10.9. The van der Waals surface area contributed by atoms with Crippen LogP contribution in [0.2, 0.25) is 0 Å². The molecule has 0 unspecified atom stereocenters. The van der Waals surface area contributed by atoms with Gasteiger partial charge in [-0.05, 0) is 41.8 Å². The summed E-state index contributed by atoms with van der Waals surface area (Å²) in [5, 5.41) is 0.244. The van der Waals surface area contributed by atoms with Gasteiger partial charge in [0.05, 0.1) is 10.9 Å². The van der Waals surface area contributed by atoms with Crippen LogP contribution in [-0.4, -0.2) is 11.0 Å². The highest BCUT2D eigenvalue weighted by molar-refractivity contribution is 5.80. The van der Waals surface area contributed by atoms with Crippen LogP contribution in [0.3, 0.4) is 0 Å². The Hall–Kier alpha value is -3.15. The van der Waals surface area contributed by atoms with Crippen molar-refractivity contribution in [1.82, 2.24) is 4.98 Å². The second-order valence-corrected chi connectivity index (χ2v) is 6.18. The average Bonchev–Trinajstić information content (AvgIpc) is 2.60. The minimum Gasteiger partial charge on any atom is -0.484 e. The third kappa shape index (κ3) is 4.08. The summed E-state index contributed by atoms with van der Waals surface area (Å²) in [7, 11) is 0. The summed E-state index contributed by atoms with van der Waals surface area (Å²) < 4.78 is 15.8. The number of carbonyl (C=O) groups excluding carboxylic acids is 1. The smallest absolute Gasteiger partial charge is 0.347 e. The third-order valence-electron chi connectivity index (χ3n) is 3.81. The molecule has 0 radical (unpaired) electrons. The van der Waals surface area contributed by atoms with E-state index in [0.29, 0.717) is 17.2 Å². The van der Waals surface area contributed by atoms with Gasteiger partial charge in [-0.3, -0.25) is 4.79 Å². The highest BCUT2D eigenvalue weighted by Crippen LogP contribution is 2.20. The van der Waals surface area contributed by atoms with Crippen LogP contribution in [0.15, 0.2) is 51.7 Å². The van der Waals surface area contributed by atoms with Crippen LogP contribution in [0.25, 0.3) is 10.9 Å². The molecule has 0 aliphatic carbocycles. The summed E-state index contributed by atoms with van der Waals surface area (Å²) in [6, 6.07) is 12.4. The topological polar surface area (TPSA) is 78.6 Å². The minimum absolute atomic E-state index is 0.0396. The van der Waals surface area contributed by atoms with Gasteiger partial charge in [-0.1, -0.05) is 26.0 Å². The number of ether oxygens (including phenoxy) is 2. The van der Waals surface area contributed by atoms with Crippen LogP contribution >= 0.6 is 0 Å². The van der Waals surface area contributed by atoms with Crippen LogP contribution in [0.1, 0.15) is 38.1 Å². The van der Waals surface area contributed by atoms with Gasteiger partial charge in [0.25, 0.3) is 0 Å². The number of hydrogen-bond donors (Lipinski definition) is 0. The largest absolute Gasteiger partial charge is 0.484 e. The van der Waals surface area contributed by atoms with Crippen molar-refractivity contribution in [2.45, 2.75) is 33.3 Å². The molecule has 0 saturated heterocycles. The van der Waals surface area contributed by atoms with Gasteiger partial charge in [-0.2, -0.15) is 0 Å². The van der Waals surface area contributed by atoms with Gasteiger partial charge in [0, 0.05) is 6.92 Å². The van der Waals surface area contributed by atoms with E-state index in [-0.39, 0.29) is 23.6 Å². The highest BCUT2D eigenvalue weighted by Gasteiger charge is 2.10.